The number of benzene rings is 2. The van der Waals surface area contributed by atoms with Crippen LogP contribution in [0.2, 0.25) is 0 Å². The van der Waals surface area contributed by atoms with Gasteiger partial charge in [-0.25, -0.2) is 0 Å². The molecule has 0 saturated carbocycles. The van der Waals surface area contributed by atoms with Crippen LogP contribution in [0.15, 0.2) is 30.3 Å². The first-order chi connectivity index (χ1) is 14.6. The summed E-state index contributed by atoms with van der Waals surface area (Å²) in [6.07, 6.45) is 1.60. The van der Waals surface area contributed by atoms with Crippen molar-refractivity contribution in [3.63, 3.8) is 0 Å². The predicted octanol–water partition coefficient (Wildman–Crippen LogP) is 2.79. The van der Waals surface area contributed by atoms with E-state index in [0.717, 1.165) is 27.9 Å². The van der Waals surface area contributed by atoms with Gasteiger partial charge in [-0.2, -0.15) is 10.4 Å². The first-order valence-corrected chi connectivity index (χ1v) is 9.93. The van der Waals surface area contributed by atoms with E-state index in [2.05, 4.69) is 21.2 Å². The van der Waals surface area contributed by atoms with Crippen molar-refractivity contribution in [3.8, 4) is 17.6 Å². The van der Waals surface area contributed by atoms with Gasteiger partial charge in [0.05, 0.1) is 23.0 Å². The normalized spacial score (nSPS) is 15.5. The molecule has 8 nitrogen and oxygen atoms in total. The van der Waals surface area contributed by atoms with Crippen LogP contribution in [0.4, 0.5) is 11.5 Å². The number of halogens is 1. The molecule has 0 atom stereocenters. The number of hydrogen-bond donors (Lipinski definition) is 2. The molecule has 0 radical (unpaired) electrons. The lowest BCUT2D eigenvalue weighted by Crippen LogP contribution is -2.36. The number of aliphatic hydroxyl groups excluding tert-OH is 1. The Kier molecular flexibility index (Phi) is 5.72. The quantitative estimate of drug-likeness (QED) is 0.598. The zero-order valence-corrected chi connectivity index (χ0v) is 17.6. The molecule has 1 saturated heterocycles. The lowest BCUT2D eigenvalue weighted by Gasteiger charge is -2.31. The molecule has 3 heterocycles. The number of aliphatic hydroxyl groups is 1. The van der Waals surface area contributed by atoms with Crippen molar-refractivity contribution >= 4 is 34.7 Å². The van der Waals surface area contributed by atoms with Gasteiger partial charge in [0.2, 0.25) is 6.79 Å². The molecule has 0 spiro atoms. The van der Waals surface area contributed by atoms with Gasteiger partial charge in [0.15, 0.2) is 17.3 Å². The summed E-state index contributed by atoms with van der Waals surface area (Å²) in [5.74, 6) is 2.17. The van der Waals surface area contributed by atoms with Gasteiger partial charge in [0.25, 0.3) is 0 Å². The van der Waals surface area contributed by atoms with Crippen molar-refractivity contribution in [1.29, 1.82) is 5.26 Å². The average molecular weight is 440 g/mol. The molecule has 9 heteroatoms. The molecule has 160 valence electrons. The van der Waals surface area contributed by atoms with E-state index in [0.29, 0.717) is 55.0 Å². The Bertz CT molecular complexity index is 1170. The molecule has 3 N–H and O–H groups in total. The maximum atomic E-state index is 9.84. The molecule has 2 aromatic carbocycles. The predicted molar refractivity (Wildman–Crippen MR) is 119 cm³/mol. The zero-order valence-electron chi connectivity index (χ0n) is 16.7. The van der Waals surface area contributed by atoms with Gasteiger partial charge in [0.1, 0.15) is 6.07 Å². The second kappa shape index (κ2) is 8.46. The monoisotopic (exact) mass is 439 g/mol. The van der Waals surface area contributed by atoms with Crippen molar-refractivity contribution in [2.45, 2.75) is 25.4 Å². The molecule has 0 amide bonds. The van der Waals surface area contributed by atoms with Gasteiger partial charge >= 0.3 is 0 Å². The number of piperidine rings is 1. The third-order valence-corrected chi connectivity index (χ3v) is 5.73. The summed E-state index contributed by atoms with van der Waals surface area (Å²) in [4.78, 5) is 2.12. The second-order valence-electron chi connectivity index (χ2n) is 7.61. The number of nitrogens with zero attached hydrogens (tertiary/aromatic N) is 4. The smallest absolute Gasteiger partial charge is 0.231 e. The van der Waals surface area contributed by atoms with Gasteiger partial charge in [-0.3, -0.25) is 0 Å². The van der Waals surface area contributed by atoms with E-state index < -0.39 is 0 Å². The van der Waals surface area contributed by atoms with Crippen LogP contribution in [0, 0.1) is 11.3 Å². The van der Waals surface area contributed by atoms with E-state index in [9.17, 15) is 10.4 Å². The third-order valence-electron chi connectivity index (χ3n) is 5.73. The van der Waals surface area contributed by atoms with Crippen LogP contribution < -0.4 is 20.1 Å². The van der Waals surface area contributed by atoms with Gasteiger partial charge in [-0.05, 0) is 42.7 Å². The first kappa shape index (κ1) is 21.0. The molecule has 0 bridgehead atoms. The van der Waals surface area contributed by atoms with Gasteiger partial charge in [-0.15, -0.1) is 17.5 Å². The molecule has 31 heavy (non-hydrogen) atoms. The first-order valence-electron chi connectivity index (χ1n) is 9.93. The van der Waals surface area contributed by atoms with Gasteiger partial charge in [-0.1, -0.05) is 6.07 Å². The molecular formula is C22H22ClN5O3. The van der Waals surface area contributed by atoms with Crippen molar-refractivity contribution in [2.75, 3.05) is 30.5 Å². The lowest BCUT2D eigenvalue weighted by molar-refractivity contribution is 0.145. The van der Waals surface area contributed by atoms with E-state index in [1.807, 2.05) is 24.3 Å². The highest BCUT2D eigenvalue weighted by Crippen LogP contribution is 2.36. The summed E-state index contributed by atoms with van der Waals surface area (Å²) in [6, 6.07) is 11.6. The minimum absolute atomic E-state index is 0. The molecule has 1 aromatic heterocycles. The molecule has 2 aliphatic rings. The minimum atomic E-state index is -0.277. The van der Waals surface area contributed by atoms with Crippen LogP contribution >= 0.6 is 12.4 Å². The summed E-state index contributed by atoms with van der Waals surface area (Å²) in [5, 5.41) is 30.0. The number of hydrogen-bond acceptors (Lipinski definition) is 8. The SMILES string of the molecule is Cl.N#Cc1ccc2c(N3CCC(O)CC3)nnc(Cc3ccc4c(c3)OCO4)c2c1N. The molecular weight excluding hydrogens is 418 g/mol. The standard InChI is InChI=1S/C22H21N5O3.ClH/c23-11-14-2-3-16-20(21(14)24)17(9-13-1-4-18-19(10-13)30-12-29-18)25-26-22(16)27-7-5-15(28)6-8-27;/h1-4,10,15,28H,5-9,12,24H2;1H. The van der Waals surface area contributed by atoms with Crippen LogP contribution in [-0.4, -0.2) is 41.3 Å². The fourth-order valence-electron chi connectivity index (χ4n) is 4.11. The van der Waals surface area contributed by atoms with Crippen LogP contribution in [0.5, 0.6) is 11.5 Å². The highest BCUT2D eigenvalue weighted by atomic mass is 35.5. The van der Waals surface area contributed by atoms with Crippen LogP contribution in [0.1, 0.15) is 29.7 Å². The maximum absolute atomic E-state index is 9.84. The summed E-state index contributed by atoms with van der Waals surface area (Å²) >= 11 is 0. The number of ether oxygens (including phenoxy) is 2. The summed E-state index contributed by atoms with van der Waals surface area (Å²) in [7, 11) is 0. The molecule has 3 aromatic rings. The number of anilines is 2. The molecule has 0 unspecified atom stereocenters. The van der Waals surface area contributed by atoms with Gasteiger partial charge in [0, 0.05) is 30.3 Å². The lowest BCUT2D eigenvalue weighted by atomic mass is 9.99. The Morgan fingerprint density at radius 2 is 1.90 bits per heavy atom. The maximum Gasteiger partial charge on any atom is 0.231 e. The number of nitrogens with two attached hydrogens (primary N) is 1. The van der Waals surface area contributed by atoms with Crippen molar-refractivity contribution in [3.05, 3.63) is 47.2 Å². The van der Waals surface area contributed by atoms with Crippen molar-refractivity contribution < 1.29 is 14.6 Å². The number of nitriles is 1. The van der Waals surface area contributed by atoms with E-state index in [4.69, 9.17) is 15.2 Å². The number of nitrogen functional groups attached to an aromatic ring is 1. The van der Waals surface area contributed by atoms with E-state index in [1.54, 1.807) is 6.07 Å². The Balaban J connectivity index is 0.00000231. The summed E-state index contributed by atoms with van der Waals surface area (Å²) in [5.41, 5.74) is 8.93. The van der Waals surface area contributed by atoms with E-state index >= 15 is 0 Å². The molecule has 2 aliphatic heterocycles. The van der Waals surface area contributed by atoms with Crippen molar-refractivity contribution in [1.82, 2.24) is 10.2 Å². The number of aromatic nitrogens is 2. The Morgan fingerprint density at radius 1 is 1.13 bits per heavy atom. The topological polar surface area (TPSA) is 118 Å². The minimum Gasteiger partial charge on any atom is -0.454 e. The van der Waals surface area contributed by atoms with Crippen molar-refractivity contribution in [2.24, 2.45) is 0 Å². The fraction of sp³-hybridized carbons (Fsp3) is 0.318. The summed E-state index contributed by atoms with van der Waals surface area (Å²) < 4.78 is 10.9. The van der Waals surface area contributed by atoms with Crippen LogP contribution in [0.25, 0.3) is 10.8 Å². The highest BCUT2D eigenvalue weighted by molar-refractivity contribution is 6.02. The Morgan fingerprint density at radius 3 is 2.68 bits per heavy atom. The Labute approximate surface area is 185 Å². The third kappa shape index (κ3) is 3.78. The van der Waals surface area contributed by atoms with Crippen LogP contribution in [-0.2, 0) is 6.42 Å². The Hall–Kier alpha value is -3.28. The average Bonchev–Trinajstić information content (AvgIpc) is 3.23. The number of rotatable bonds is 3. The van der Waals surface area contributed by atoms with Crippen LogP contribution in [0.3, 0.4) is 0 Å². The second-order valence-corrected chi connectivity index (χ2v) is 7.61. The largest absolute Gasteiger partial charge is 0.454 e. The number of fused-ring (bicyclic) bond motifs is 2. The van der Waals surface area contributed by atoms with Gasteiger partial charge < -0.3 is 25.2 Å². The molecule has 0 aliphatic carbocycles. The summed E-state index contributed by atoms with van der Waals surface area (Å²) in [6.45, 7) is 1.62. The van der Waals surface area contributed by atoms with E-state index in [-0.39, 0.29) is 25.3 Å². The molecule has 1 fully saturated rings. The molecule has 5 rings (SSSR count). The van der Waals surface area contributed by atoms with E-state index in [1.165, 1.54) is 0 Å². The highest BCUT2D eigenvalue weighted by Gasteiger charge is 2.23. The fourth-order valence-corrected chi connectivity index (χ4v) is 4.11. The zero-order chi connectivity index (χ0) is 20.7.